The van der Waals surface area contributed by atoms with E-state index in [9.17, 15) is 9.59 Å². The fourth-order valence-electron chi connectivity index (χ4n) is 2.76. The quantitative estimate of drug-likeness (QED) is 0.707. The molecule has 1 aromatic carbocycles. The molecule has 124 valence electrons. The maximum atomic E-state index is 12.3. The van der Waals surface area contributed by atoms with Crippen LogP contribution in [0, 0.1) is 0 Å². The number of rotatable bonds is 6. The molecule has 1 aliphatic carbocycles. The van der Waals surface area contributed by atoms with Crippen LogP contribution in [-0.2, 0) is 4.79 Å². The van der Waals surface area contributed by atoms with Crippen LogP contribution in [0.1, 0.15) is 43.7 Å². The number of carbonyl (C=O) groups is 2. The van der Waals surface area contributed by atoms with Crippen LogP contribution in [-0.4, -0.2) is 25.5 Å². The standard InChI is InChI=1S/C18H25N3O2/c1-19-18(23)21-17(22)16(15-10-6-3-7-11-15)20-13-12-14-8-4-2-5-9-14/h3,6-8,10-11,16,20H,2,4-5,9,12-13H2,1H3,(H2,19,21,22,23)/t16-/m1/s1. The third-order valence-electron chi connectivity index (χ3n) is 4.04. The van der Waals surface area contributed by atoms with Crippen LogP contribution in [0.4, 0.5) is 4.79 Å². The zero-order valence-electron chi connectivity index (χ0n) is 13.6. The van der Waals surface area contributed by atoms with Gasteiger partial charge in [0.05, 0.1) is 0 Å². The SMILES string of the molecule is CNC(=O)NC(=O)[C@H](NCCC1=CCCCC1)c1ccccc1. The fraction of sp³-hybridized carbons (Fsp3) is 0.444. The predicted molar refractivity (Wildman–Crippen MR) is 91.0 cm³/mol. The number of allylic oxidation sites excluding steroid dienone is 1. The monoisotopic (exact) mass is 315 g/mol. The van der Waals surface area contributed by atoms with Gasteiger partial charge in [-0.25, -0.2) is 4.79 Å². The lowest BCUT2D eigenvalue weighted by Crippen LogP contribution is -2.44. The van der Waals surface area contributed by atoms with Gasteiger partial charge in [-0.3, -0.25) is 10.1 Å². The van der Waals surface area contributed by atoms with E-state index in [0.29, 0.717) is 6.54 Å². The van der Waals surface area contributed by atoms with Gasteiger partial charge >= 0.3 is 6.03 Å². The van der Waals surface area contributed by atoms with Crippen LogP contribution in [0.5, 0.6) is 0 Å². The van der Waals surface area contributed by atoms with Gasteiger partial charge in [0.2, 0.25) is 5.91 Å². The van der Waals surface area contributed by atoms with Crippen molar-refractivity contribution in [3.05, 3.63) is 47.5 Å². The van der Waals surface area contributed by atoms with Gasteiger partial charge in [-0.15, -0.1) is 0 Å². The van der Waals surface area contributed by atoms with E-state index in [2.05, 4.69) is 22.0 Å². The van der Waals surface area contributed by atoms with Gasteiger partial charge in [-0.05, 0) is 44.2 Å². The van der Waals surface area contributed by atoms with E-state index >= 15 is 0 Å². The zero-order chi connectivity index (χ0) is 16.5. The van der Waals surface area contributed by atoms with Gasteiger partial charge in [0.25, 0.3) is 0 Å². The molecule has 0 aliphatic heterocycles. The summed E-state index contributed by atoms with van der Waals surface area (Å²) in [4.78, 5) is 23.7. The van der Waals surface area contributed by atoms with E-state index in [4.69, 9.17) is 0 Å². The number of amides is 3. The Morgan fingerprint density at radius 3 is 2.61 bits per heavy atom. The maximum Gasteiger partial charge on any atom is 0.321 e. The molecule has 0 unspecified atom stereocenters. The van der Waals surface area contributed by atoms with Gasteiger partial charge in [0.1, 0.15) is 6.04 Å². The number of nitrogens with one attached hydrogen (secondary N) is 3. The first-order valence-corrected chi connectivity index (χ1v) is 8.19. The number of imide groups is 1. The van der Waals surface area contributed by atoms with E-state index in [1.807, 2.05) is 30.3 Å². The Balaban J connectivity index is 1.97. The molecule has 0 fully saturated rings. The molecule has 3 N–H and O–H groups in total. The van der Waals surface area contributed by atoms with Crippen molar-refractivity contribution < 1.29 is 9.59 Å². The molecule has 23 heavy (non-hydrogen) atoms. The van der Waals surface area contributed by atoms with Crippen molar-refractivity contribution in [3.63, 3.8) is 0 Å². The highest BCUT2D eigenvalue weighted by Crippen LogP contribution is 2.20. The molecule has 0 radical (unpaired) electrons. The average Bonchev–Trinajstić information content (AvgIpc) is 2.60. The highest BCUT2D eigenvalue weighted by atomic mass is 16.2. The van der Waals surface area contributed by atoms with Crippen LogP contribution < -0.4 is 16.0 Å². The zero-order valence-corrected chi connectivity index (χ0v) is 13.6. The molecule has 1 atom stereocenters. The molecule has 0 spiro atoms. The lowest BCUT2D eigenvalue weighted by molar-refractivity contribution is -0.122. The minimum Gasteiger partial charge on any atom is -0.341 e. The summed E-state index contributed by atoms with van der Waals surface area (Å²) in [6, 6.07) is 8.44. The topological polar surface area (TPSA) is 70.2 Å². The number of carbonyl (C=O) groups excluding carboxylic acids is 2. The Kier molecular flexibility index (Phi) is 6.81. The lowest BCUT2D eigenvalue weighted by atomic mass is 9.97. The molecule has 5 nitrogen and oxygen atoms in total. The molecule has 0 bridgehead atoms. The Labute approximate surface area is 137 Å². The van der Waals surface area contributed by atoms with Crippen LogP contribution in [0.25, 0.3) is 0 Å². The summed E-state index contributed by atoms with van der Waals surface area (Å²) in [5.41, 5.74) is 2.31. The van der Waals surface area contributed by atoms with E-state index in [-0.39, 0.29) is 5.91 Å². The van der Waals surface area contributed by atoms with Crippen molar-refractivity contribution in [3.8, 4) is 0 Å². The molecule has 0 heterocycles. The molecular formula is C18H25N3O2. The average molecular weight is 315 g/mol. The summed E-state index contributed by atoms with van der Waals surface area (Å²) in [6.45, 7) is 0.715. The van der Waals surface area contributed by atoms with Crippen molar-refractivity contribution in [2.45, 2.75) is 38.1 Å². The van der Waals surface area contributed by atoms with Crippen LogP contribution in [0.3, 0.4) is 0 Å². The first-order valence-electron chi connectivity index (χ1n) is 8.19. The van der Waals surface area contributed by atoms with E-state index in [1.165, 1.54) is 25.5 Å². The summed E-state index contributed by atoms with van der Waals surface area (Å²) in [7, 11) is 1.49. The van der Waals surface area contributed by atoms with Crippen molar-refractivity contribution >= 4 is 11.9 Å². The molecule has 0 aromatic heterocycles. The molecule has 2 rings (SSSR count). The van der Waals surface area contributed by atoms with Gasteiger partial charge < -0.3 is 10.6 Å². The van der Waals surface area contributed by atoms with Crippen molar-refractivity contribution in [2.75, 3.05) is 13.6 Å². The Bertz CT molecular complexity index is 555. The Morgan fingerprint density at radius 1 is 1.17 bits per heavy atom. The van der Waals surface area contributed by atoms with Crippen LogP contribution >= 0.6 is 0 Å². The van der Waals surface area contributed by atoms with Crippen molar-refractivity contribution in [1.82, 2.24) is 16.0 Å². The third-order valence-corrected chi connectivity index (χ3v) is 4.04. The maximum absolute atomic E-state index is 12.3. The van der Waals surface area contributed by atoms with Crippen molar-refractivity contribution in [2.24, 2.45) is 0 Å². The summed E-state index contributed by atoms with van der Waals surface area (Å²) >= 11 is 0. The predicted octanol–water partition coefficient (Wildman–Crippen LogP) is 2.66. The largest absolute Gasteiger partial charge is 0.341 e. The molecular weight excluding hydrogens is 290 g/mol. The Morgan fingerprint density at radius 2 is 1.96 bits per heavy atom. The van der Waals surface area contributed by atoms with Crippen LogP contribution in [0.15, 0.2) is 42.0 Å². The highest BCUT2D eigenvalue weighted by molar-refractivity contribution is 5.97. The van der Waals surface area contributed by atoms with Crippen LogP contribution in [0.2, 0.25) is 0 Å². The third kappa shape index (κ3) is 5.53. The van der Waals surface area contributed by atoms with Gasteiger partial charge in [-0.1, -0.05) is 42.0 Å². The molecule has 1 aliphatic rings. The molecule has 0 saturated heterocycles. The smallest absolute Gasteiger partial charge is 0.321 e. The fourth-order valence-corrected chi connectivity index (χ4v) is 2.76. The van der Waals surface area contributed by atoms with E-state index < -0.39 is 12.1 Å². The molecule has 1 aromatic rings. The van der Waals surface area contributed by atoms with Gasteiger partial charge in [0.15, 0.2) is 0 Å². The first kappa shape index (κ1) is 17.2. The lowest BCUT2D eigenvalue weighted by Gasteiger charge is -2.19. The second kappa shape index (κ2) is 9.10. The number of urea groups is 1. The molecule has 5 heteroatoms. The van der Waals surface area contributed by atoms with Crippen molar-refractivity contribution in [1.29, 1.82) is 0 Å². The minimum absolute atomic E-state index is 0.340. The summed E-state index contributed by atoms with van der Waals surface area (Å²) in [5, 5.41) is 8.03. The number of hydrogen-bond acceptors (Lipinski definition) is 3. The Hall–Kier alpha value is -2.14. The van der Waals surface area contributed by atoms with E-state index in [0.717, 1.165) is 24.8 Å². The highest BCUT2D eigenvalue weighted by Gasteiger charge is 2.21. The second-order valence-electron chi connectivity index (χ2n) is 5.72. The van der Waals surface area contributed by atoms with Gasteiger partial charge in [0, 0.05) is 7.05 Å². The second-order valence-corrected chi connectivity index (χ2v) is 5.72. The number of hydrogen-bond donors (Lipinski definition) is 3. The summed E-state index contributed by atoms with van der Waals surface area (Å²) < 4.78 is 0. The molecule has 3 amide bonds. The van der Waals surface area contributed by atoms with Gasteiger partial charge in [-0.2, -0.15) is 0 Å². The summed E-state index contributed by atoms with van der Waals surface area (Å²) in [5.74, 6) is -0.340. The summed E-state index contributed by atoms with van der Waals surface area (Å²) in [6.07, 6.45) is 8.10. The first-order chi connectivity index (χ1) is 11.2. The minimum atomic E-state index is -0.530. The molecule has 0 saturated carbocycles. The van der Waals surface area contributed by atoms with E-state index in [1.54, 1.807) is 0 Å². The normalized spacial score (nSPS) is 15.4. The number of benzene rings is 1.